The van der Waals surface area contributed by atoms with Gasteiger partial charge in [0.15, 0.2) is 0 Å². The second-order valence-corrected chi connectivity index (χ2v) is 5.82. The number of carboxylic acids is 1. The van der Waals surface area contributed by atoms with Crippen molar-refractivity contribution in [3.63, 3.8) is 0 Å². The van der Waals surface area contributed by atoms with Crippen molar-refractivity contribution in [3.8, 4) is 0 Å². The normalized spacial score (nSPS) is 21.6. The van der Waals surface area contributed by atoms with Crippen molar-refractivity contribution < 1.29 is 14.7 Å². The molecule has 0 radical (unpaired) electrons. The quantitative estimate of drug-likeness (QED) is 0.893. The monoisotopic (exact) mass is 290 g/mol. The van der Waals surface area contributed by atoms with Gasteiger partial charge in [-0.05, 0) is 43.5 Å². The number of carboxylic acid groups (broad SMARTS) is 1. The zero-order valence-corrected chi connectivity index (χ0v) is 12.5. The smallest absolute Gasteiger partial charge is 0.306 e. The molecule has 0 bridgehead atoms. The number of carbonyl (C=O) groups is 2. The minimum Gasteiger partial charge on any atom is -0.481 e. The van der Waals surface area contributed by atoms with Gasteiger partial charge in [-0.15, -0.1) is 0 Å². The molecule has 0 aliphatic heterocycles. The molecule has 114 valence electrons. The molecule has 0 saturated heterocycles. The van der Waals surface area contributed by atoms with Crippen LogP contribution in [0.15, 0.2) is 24.3 Å². The Bertz CT molecular complexity index is 511. The van der Waals surface area contributed by atoms with Crippen LogP contribution in [0.2, 0.25) is 0 Å². The lowest BCUT2D eigenvalue weighted by atomic mass is 9.85. The summed E-state index contributed by atoms with van der Waals surface area (Å²) in [7, 11) is 3.45. The van der Waals surface area contributed by atoms with Crippen molar-refractivity contribution in [2.75, 3.05) is 19.4 Å². The Kier molecular flexibility index (Phi) is 4.83. The fourth-order valence-corrected chi connectivity index (χ4v) is 2.75. The molecule has 2 N–H and O–H groups in total. The van der Waals surface area contributed by atoms with E-state index in [4.69, 9.17) is 5.11 Å². The summed E-state index contributed by atoms with van der Waals surface area (Å²) in [5.74, 6) is -0.968. The zero-order chi connectivity index (χ0) is 15.4. The molecule has 1 aromatic rings. The SMILES string of the molecule is CN(C)C(=O)c1ccc(NC2CCCC(C(=O)O)C2)cc1. The van der Waals surface area contributed by atoms with Crippen molar-refractivity contribution in [1.29, 1.82) is 0 Å². The van der Waals surface area contributed by atoms with E-state index in [1.807, 2.05) is 12.1 Å². The van der Waals surface area contributed by atoms with E-state index in [-0.39, 0.29) is 17.9 Å². The van der Waals surface area contributed by atoms with Crippen LogP contribution in [-0.4, -0.2) is 42.0 Å². The van der Waals surface area contributed by atoms with Gasteiger partial charge in [0.25, 0.3) is 5.91 Å². The molecule has 1 aliphatic rings. The Morgan fingerprint density at radius 1 is 1.19 bits per heavy atom. The van der Waals surface area contributed by atoms with E-state index in [2.05, 4.69) is 5.32 Å². The lowest BCUT2D eigenvalue weighted by Gasteiger charge is -2.28. The molecule has 1 saturated carbocycles. The molecule has 21 heavy (non-hydrogen) atoms. The Morgan fingerprint density at radius 3 is 2.43 bits per heavy atom. The summed E-state index contributed by atoms with van der Waals surface area (Å²) in [5, 5.41) is 12.5. The summed E-state index contributed by atoms with van der Waals surface area (Å²) >= 11 is 0. The summed E-state index contributed by atoms with van der Waals surface area (Å²) in [6, 6.07) is 7.53. The molecule has 1 aromatic carbocycles. The summed E-state index contributed by atoms with van der Waals surface area (Å²) in [6.45, 7) is 0. The molecule has 1 fully saturated rings. The van der Waals surface area contributed by atoms with Gasteiger partial charge in [0, 0.05) is 31.4 Å². The van der Waals surface area contributed by atoms with Crippen LogP contribution in [0.5, 0.6) is 0 Å². The van der Waals surface area contributed by atoms with Gasteiger partial charge in [-0.2, -0.15) is 0 Å². The van der Waals surface area contributed by atoms with Crippen molar-refractivity contribution in [2.24, 2.45) is 5.92 Å². The minimum absolute atomic E-state index is 0.0230. The van der Waals surface area contributed by atoms with E-state index in [9.17, 15) is 9.59 Å². The molecular formula is C16H22N2O3. The predicted molar refractivity (Wildman–Crippen MR) is 81.5 cm³/mol. The summed E-state index contributed by atoms with van der Waals surface area (Å²) < 4.78 is 0. The molecule has 2 unspecified atom stereocenters. The molecule has 0 aromatic heterocycles. The maximum absolute atomic E-state index is 11.8. The zero-order valence-electron chi connectivity index (χ0n) is 12.5. The lowest BCUT2D eigenvalue weighted by molar-refractivity contribution is -0.142. The first-order chi connectivity index (χ1) is 9.97. The number of rotatable bonds is 4. The first-order valence-corrected chi connectivity index (χ1v) is 7.28. The van der Waals surface area contributed by atoms with Crippen LogP contribution in [0.25, 0.3) is 0 Å². The topological polar surface area (TPSA) is 69.6 Å². The number of hydrogen-bond acceptors (Lipinski definition) is 3. The second kappa shape index (κ2) is 6.61. The van der Waals surface area contributed by atoms with E-state index in [1.54, 1.807) is 31.1 Å². The van der Waals surface area contributed by atoms with Gasteiger partial charge in [-0.25, -0.2) is 0 Å². The number of nitrogens with one attached hydrogen (secondary N) is 1. The van der Waals surface area contributed by atoms with Crippen LogP contribution < -0.4 is 5.32 Å². The highest BCUT2D eigenvalue weighted by molar-refractivity contribution is 5.94. The van der Waals surface area contributed by atoms with Gasteiger partial charge in [-0.3, -0.25) is 9.59 Å². The molecule has 0 heterocycles. The van der Waals surface area contributed by atoms with Crippen molar-refractivity contribution >= 4 is 17.6 Å². The predicted octanol–water partition coefficient (Wildman–Crippen LogP) is 2.44. The first kappa shape index (κ1) is 15.4. The van der Waals surface area contributed by atoms with Crippen molar-refractivity contribution in [2.45, 2.75) is 31.7 Å². The van der Waals surface area contributed by atoms with Crippen LogP contribution in [0, 0.1) is 5.92 Å². The maximum Gasteiger partial charge on any atom is 0.306 e. The van der Waals surface area contributed by atoms with Gasteiger partial charge >= 0.3 is 5.97 Å². The van der Waals surface area contributed by atoms with E-state index in [0.717, 1.165) is 24.9 Å². The Morgan fingerprint density at radius 2 is 1.86 bits per heavy atom. The average Bonchev–Trinajstić information content (AvgIpc) is 2.47. The van der Waals surface area contributed by atoms with Crippen molar-refractivity contribution in [1.82, 2.24) is 4.90 Å². The third-order valence-electron chi connectivity index (χ3n) is 3.93. The van der Waals surface area contributed by atoms with Crippen LogP contribution in [0.1, 0.15) is 36.0 Å². The van der Waals surface area contributed by atoms with E-state index >= 15 is 0 Å². The van der Waals surface area contributed by atoms with Gasteiger partial charge in [0.1, 0.15) is 0 Å². The molecule has 2 atom stereocenters. The molecule has 5 heteroatoms. The largest absolute Gasteiger partial charge is 0.481 e. The molecule has 5 nitrogen and oxygen atoms in total. The summed E-state index contributed by atoms with van der Waals surface area (Å²) in [5.41, 5.74) is 1.58. The number of hydrogen-bond donors (Lipinski definition) is 2. The van der Waals surface area contributed by atoms with E-state index in [1.165, 1.54) is 0 Å². The van der Waals surface area contributed by atoms with Gasteiger partial charge in [0.2, 0.25) is 0 Å². The molecular weight excluding hydrogens is 268 g/mol. The van der Waals surface area contributed by atoms with Crippen LogP contribution in [0.4, 0.5) is 5.69 Å². The van der Waals surface area contributed by atoms with E-state index < -0.39 is 5.97 Å². The first-order valence-electron chi connectivity index (χ1n) is 7.28. The number of amides is 1. The molecule has 0 spiro atoms. The summed E-state index contributed by atoms with van der Waals surface area (Å²) in [4.78, 5) is 24.4. The highest BCUT2D eigenvalue weighted by atomic mass is 16.4. The fraction of sp³-hybridized carbons (Fsp3) is 0.500. The van der Waals surface area contributed by atoms with E-state index in [0.29, 0.717) is 12.0 Å². The molecule has 1 amide bonds. The third kappa shape index (κ3) is 3.97. The third-order valence-corrected chi connectivity index (χ3v) is 3.93. The fourth-order valence-electron chi connectivity index (χ4n) is 2.75. The molecule has 1 aliphatic carbocycles. The number of carbonyl (C=O) groups excluding carboxylic acids is 1. The summed E-state index contributed by atoms with van der Waals surface area (Å²) in [6.07, 6.45) is 3.35. The van der Waals surface area contributed by atoms with Gasteiger partial charge in [0.05, 0.1) is 5.92 Å². The lowest BCUT2D eigenvalue weighted by Crippen LogP contribution is -2.30. The van der Waals surface area contributed by atoms with Crippen LogP contribution in [0.3, 0.4) is 0 Å². The highest BCUT2D eigenvalue weighted by Crippen LogP contribution is 2.27. The Hall–Kier alpha value is -2.04. The van der Waals surface area contributed by atoms with Gasteiger partial charge < -0.3 is 15.3 Å². The maximum atomic E-state index is 11.8. The number of aliphatic carboxylic acids is 1. The average molecular weight is 290 g/mol. The van der Waals surface area contributed by atoms with Crippen LogP contribution >= 0.6 is 0 Å². The second-order valence-electron chi connectivity index (χ2n) is 5.82. The standard InChI is InChI=1S/C16H22N2O3/c1-18(2)15(19)11-6-8-13(9-7-11)17-14-5-3-4-12(10-14)16(20)21/h6-9,12,14,17H,3-5,10H2,1-2H3,(H,20,21). The van der Waals surface area contributed by atoms with Crippen molar-refractivity contribution in [3.05, 3.63) is 29.8 Å². The Balaban J connectivity index is 1.97. The van der Waals surface area contributed by atoms with Crippen LogP contribution in [-0.2, 0) is 4.79 Å². The Labute approximate surface area is 125 Å². The number of benzene rings is 1. The molecule has 2 rings (SSSR count). The number of nitrogens with zero attached hydrogens (tertiary/aromatic N) is 1. The van der Waals surface area contributed by atoms with Gasteiger partial charge in [-0.1, -0.05) is 6.42 Å². The number of anilines is 1. The minimum atomic E-state index is -0.701. The highest BCUT2D eigenvalue weighted by Gasteiger charge is 2.26.